The van der Waals surface area contributed by atoms with Crippen LogP contribution in [-0.4, -0.2) is 72.3 Å². The maximum Gasteiger partial charge on any atom is 0.494 e. The van der Waals surface area contributed by atoms with Crippen LogP contribution in [0.5, 0.6) is 0 Å². The van der Waals surface area contributed by atoms with Gasteiger partial charge in [-0.1, -0.05) is 24.3 Å². The topological polar surface area (TPSA) is 68.3 Å². The number of hydrogen-bond acceptors (Lipinski definition) is 5. The first-order chi connectivity index (χ1) is 14.2. The number of benzene rings is 1. The van der Waals surface area contributed by atoms with Crippen LogP contribution in [0.4, 0.5) is 0 Å². The third-order valence-electron chi connectivity index (χ3n) is 6.79. The fraction of sp³-hybridized carbons (Fsp3) is 0.636. The van der Waals surface area contributed by atoms with Crippen LogP contribution in [0.2, 0.25) is 0 Å². The molecular weight excluding hydrogens is 383 g/mol. The molecule has 1 aromatic carbocycles. The van der Waals surface area contributed by atoms with Gasteiger partial charge in [0.1, 0.15) is 6.04 Å². The minimum Gasteiger partial charge on any atom is -0.399 e. The van der Waals surface area contributed by atoms with Gasteiger partial charge in [-0.2, -0.15) is 0 Å². The monoisotopic (exact) mass is 414 g/mol. The van der Waals surface area contributed by atoms with Gasteiger partial charge in [0.25, 0.3) is 0 Å². The average Bonchev–Trinajstić information content (AvgIpc) is 3.18. The zero-order chi connectivity index (χ0) is 21.5. The molecule has 0 N–H and O–H groups in total. The molecule has 4 rings (SSSR count). The molecule has 0 aliphatic carbocycles. The van der Waals surface area contributed by atoms with Crippen molar-refractivity contribution in [1.82, 2.24) is 9.80 Å². The SMILES string of the molecule is CC1(C)OB(c2ccc(CN3C(=O)CC[C@H]3C(=O)N3CCOCC3)cc2)OC1(C)C. The van der Waals surface area contributed by atoms with E-state index in [-0.39, 0.29) is 29.1 Å². The Morgan fingerprint density at radius 1 is 1.07 bits per heavy atom. The van der Waals surface area contributed by atoms with Crippen LogP contribution >= 0.6 is 0 Å². The second-order valence-corrected chi connectivity index (χ2v) is 9.34. The Labute approximate surface area is 178 Å². The first-order valence-electron chi connectivity index (χ1n) is 10.8. The summed E-state index contributed by atoms with van der Waals surface area (Å²) in [4.78, 5) is 29.0. The Bertz CT molecular complexity index is 788. The van der Waals surface area contributed by atoms with Gasteiger partial charge in [0.2, 0.25) is 11.8 Å². The number of morpholine rings is 1. The molecule has 1 aromatic rings. The van der Waals surface area contributed by atoms with Crippen molar-refractivity contribution in [2.24, 2.45) is 0 Å². The number of rotatable bonds is 4. The first kappa shape index (κ1) is 21.3. The van der Waals surface area contributed by atoms with E-state index in [9.17, 15) is 9.59 Å². The predicted octanol–water partition coefficient (Wildman–Crippen LogP) is 1.34. The van der Waals surface area contributed by atoms with Gasteiger partial charge in [0.15, 0.2) is 0 Å². The van der Waals surface area contributed by atoms with Crippen LogP contribution < -0.4 is 5.46 Å². The Morgan fingerprint density at radius 2 is 1.67 bits per heavy atom. The molecule has 7 nitrogen and oxygen atoms in total. The first-order valence-corrected chi connectivity index (χ1v) is 10.8. The van der Waals surface area contributed by atoms with Gasteiger partial charge in [-0.15, -0.1) is 0 Å². The number of amides is 2. The van der Waals surface area contributed by atoms with Crippen LogP contribution in [0.25, 0.3) is 0 Å². The van der Waals surface area contributed by atoms with Crippen molar-refractivity contribution >= 4 is 24.4 Å². The van der Waals surface area contributed by atoms with Crippen LogP contribution in [0.3, 0.4) is 0 Å². The Morgan fingerprint density at radius 3 is 2.27 bits per heavy atom. The summed E-state index contributed by atoms with van der Waals surface area (Å²) in [5.74, 6) is 0.0784. The minimum atomic E-state index is -0.409. The number of hydrogen-bond donors (Lipinski definition) is 0. The van der Waals surface area contributed by atoms with Gasteiger partial charge in [-0.25, -0.2) is 0 Å². The highest BCUT2D eigenvalue weighted by Gasteiger charge is 2.51. The molecule has 3 saturated heterocycles. The summed E-state index contributed by atoms with van der Waals surface area (Å²) in [7, 11) is -0.409. The fourth-order valence-corrected chi connectivity index (χ4v) is 4.14. The molecule has 8 heteroatoms. The molecule has 0 aromatic heterocycles. The van der Waals surface area contributed by atoms with Gasteiger partial charge >= 0.3 is 7.12 Å². The number of carbonyl (C=O) groups is 2. The minimum absolute atomic E-state index is 0.0386. The molecule has 0 bridgehead atoms. The van der Waals surface area contributed by atoms with Gasteiger partial charge in [0.05, 0.1) is 24.4 Å². The third kappa shape index (κ3) is 4.00. The van der Waals surface area contributed by atoms with Crippen molar-refractivity contribution in [3.05, 3.63) is 29.8 Å². The summed E-state index contributed by atoms with van der Waals surface area (Å²) in [5.41, 5.74) is 1.17. The van der Waals surface area contributed by atoms with E-state index in [4.69, 9.17) is 14.0 Å². The van der Waals surface area contributed by atoms with Gasteiger partial charge < -0.3 is 23.8 Å². The molecule has 1 atom stereocenters. The molecule has 3 heterocycles. The van der Waals surface area contributed by atoms with E-state index in [1.807, 2.05) is 56.9 Å². The van der Waals surface area contributed by atoms with Crippen LogP contribution in [0.15, 0.2) is 24.3 Å². The van der Waals surface area contributed by atoms with E-state index in [2.05, 4.69) is 0 Å². The molecule has 162 valence electrons. The Balaban J connectivity index is 1.43. The summed E-state index contributed by atoms with van der Waals surface area (Å²) >= 11 is 0. The number of nitrogens with zero attached hydrogens (tertiary/aromatic N) is 2. The zero-order valence-electron chi connectivity index (χ0n) is 18.3. The normalized spacial score (nSPS) is 25.8. The lowest BCUT2D eigenvalue weighted by Gasteiger charge is -2.32. The Hall–Kier alpha value is -1.90. The quantitative estimate of drug-likeness (QED) is 0.696. The van der Waals surface area contributed by atoms with Crippen molar-refractivity contribution in [1.29, 1.82) is 0 Å². The lowest BCUT2D eigenvalue weighted by atomic mass is 9.79. The highest BCUT2D eigenvalue weighted by atomic mass is 16.7. The van der Waals surface area contributed by atoms with Crippen LogP contribution in [0.1, 0.15) is 46.1 Å². The summed E-state index contributed by atoms with van der Waals surface area (Å²) in [5, 5.41) is 0. The van der Waals surface area contributed by atoms with E-state index < -0.39 is 7.12 Å². The second-order valence-electron chi connectivity index (χ2n) is 9.34. The van der Waals surface area contributed by atoms with Crippen molar-refractivity contribution in [2.75, 3.05) is 26.3 Å². The maximum atomic E-state index is 12.9. The van der Waals surface area contributed by atoms with E-state index >= 15 is 0 Å². The number of ether oxygens (including phenoxy) is 1. The standard InChI is InChI=1S/C22H31BN2O5/c1-21(2)22(3,4)30-23(29-21)17-7-5-16(6-8-17)15-25-18(9-10-19(25)26)20(27)24-11-13-28-14-12-24/h5-8,18H,9-15H2,1-4H3/t18-/m0/s1. The van der Waals surface area contributed by atoms with Crippen LogP contribution in [-0.2, 0) is 30.2 Å². The second kappa shape index (κ2) is 7.98. The third-order valence-corrected chi connectivity index (χ3v) is 6.79. The molecule has 0 saturated carbocycles. The maximum absolute atomic E-state index is 12.9. The molecule has 3 aliphatic heterocycles. The zero-order valence-corrected chi connectivity index (χ0v) is 18.3. The number of likely N-dealkylation sites (tertiary alicyclic amines) is 1. The summed E-state index contributed by atoms with van der Waals surface area (Å²) in [6.45, 7) is 10.9. The van der Waals surface area contributed by atoms with Crippen molar-refractivity contribution < 1.29 is 23.6 Å². The van der Waals surface area contributed by atoms with E-state index in [0.29, 0.717) is 45.7 Å². The molecular formula is C22H31BN2O5. The smallest absolute Gasteiger partial charge is 0.399 e. The largest absolute Gasteiger partial charge is 0.494 e. The van der Waals surface area contributed by atoms with E-state index in [1.165, 1.54) is 0 Å². The highest BCUT2D eigenvalue weighted by molar-refractivity contribution is 6.62. The summed E-state index contributed by atoms with van der Waals surface area (Å²) in [6, 6.07) is 7.57. The highest BCUT2D eigenvalue weighted by Crippen LogP contribution is 2.36. The van der Waals surface area contributed by atoms with E-state index in [1.54, 1.807) is 4.90 Å². The lowest BCUT2D eigenvalue weighted by molar-refractivity contribution is -0.144. The molecule has 30 heavy (non-hydrogen) atoms. The molecule has 2 amide bonds. The molecule has 0 radical (unpaired) electrons. The van der Waals surface area contributed by atoms with Crippen molar-refractivity contribution in [3.63, 3.8) is 0 Å². The molecule has 0 unspecified atom stereocenters. The van der Waals surface area contributed by atoms with Crippen molar-refractivity contribution in [2.45, 2.75) is 64.3 Å². The van der Waals surface area contributed by atoms with Crippen molar-refractivity contribution in [3.8, 4) is 0 Å². The van der Waals surface area contributed by atoms with Crippen LogP contribution in [0, 0.1) is 0 Å². The average molecular weight is 414 g/mol. The van der Waals surface area contributed by atoms with E-state index in [0.717, 1.165) is 11.0 Å². The Kier molecular flexibility index (Phi) is 5.68. The van der Waals surface area contributed by atoms with Gasteiger partial charge in [-0.05, 0) is 45.1 Å². The molecule has 0 spiro atoms. The predicted molar refractivity (Wildman–Crippen MR) is 113 cm³/mol. The van der Waals surface area contributed by atoms with Gasteiger partial charge in [-0.3, -0.25) is 9.59 Å². The number of carbonyl (C=O) groups excluding carboxylic acids is 2. The summed E-state index contributed by atoms with van der Waals surface area (Å²) in [6.07, 6.45) is 1.01. The summed E-state index contributed by atoms with van der Waals surface area (Å²) < 4.78 is 17.6. The van der Waals surface area contributed by atoms with Gasteiger partial charge in [0, 0.05) is 26.1 Å². The fourth-order valence-electron chi connectivity index (χ4n) is 4.14. The molecule has 3 fully saturated rings. The lowest BCUT2D eigenvalue weighted by Crippen LogP contribution is -2.50. The molecule has 3 aliphatic rings.